The molecule has 2 nitrogen and oxygen atoms in total. The second-order valence-corrected chi connectivity index (χ2v) is 7.24. The Kier molecular flexibility index (Phi) is 5.83. The van der Waals surface area contributed by atoms with Gasteiger partial charge in [-0.3, -0.25) is 0 Å². The fourth-order valence-corrected chi connectivity index (χ4v) is 4.20. The summed E-state index contributed by atoms with van der Waals surface area (Å²) in [5.41, 5.74) is 1.22. The molecule has 1 aromatic heterocycles. The second-order valence-electron chi connectivity index (χ2n) is 5.95. The third-order valence-electron chi connectivity index (χ3n) is 4.56. The minimum Gasteiger partial charge on any atom is -0.316 e. The predicted octanol–water partition coefficient (Wildman–Crippen LogP) is 4.25. The Balaban J connectivity index is 1.97. The van der Waals surface area contributed by atoms with Crippen LogP contribution in [0.25, 0.3) is 0 Å². The van der Waals surface area contributed by atoms with Gasteiger partial charge in [-0.15, -0.1) is 11.3 Å². The van der Waals surface area contributed by atoms with E-state index in [9.17, 15) is 0 Å². The second kappa shape index (κ2) is 7.39. The van der Waals surface area contributed by atoms with Gasteiger partial charge in [0.2, 0.25) is 0 Å². The van der Waals surface area contributed by atoms with E-state index >= 15 is 0 Å². The summed E-state index contributed by atoms with van der Waals surface area (Å²) in [5.74, 6) is 0.842. The molecular weight excluding hydrogens is 252 g/mol. The van der Waals surface area contributed by atoms with Crippen molar-refractivity contribution < 1.29 is 0 Å². The summed E-state index contributed by atoms with van der Waals surface area (Å²) in [5, 5.41) is 4.88. The monoisotopic (exact) mass is 280 g/mol. The maximum atomic E-state index is 4.71. The fraction of sp³-hybridized carbons (Fsp3) is 0.812. The normalized spacial score (nSPS) is 19.9. The van der Waals surface area contributed by atoms with Crippen LogP contribution >= 0.6 is 11.3 Å². The van der Waals surface area contributed by atoms with Gasteiger partial charge in [0.25, 0.3) is 0 Å². The zero-order valence-corrected chi connectivity index (χ0v) is 13.5. The Morgan fingerprint density at radius 2 is 1.79 bits per heavy atom. The van der Waals surface area contributed by atoms with Gasteiger partial charge in [-0.2, -0.15) is 0 Å². The molecule has 1 aliphatic carbocycles. The molecule has 1 fully saturated rings. The quantitative estimate of drug-likeness (QED) is 0.892. The Morgan fingerprint density at radius 3 is 2.32 bits per heavy atom. The number of rotatable bonds is 4. The van der Waals surface area contributed by atoms with Crippen LogP contribution in [0.1, 0.15) is 60.5 Å². The summed E-state index contributed by atoms with van der Waals surface area (Å²) in [6, 6.07) is 0.614. The number of nitrogens with one attached hydrogen (secondary N) is 1. The van der Waals surface area contributed by atoms with Crippen LogP contribution in [0, 0.1) is 19.8 Å². The van der Waals surface area contributed by atoms with Crippen LogP contribution in [0.4, 0.5) is 0 Å². The molecule has 0 amide bonds. The Hall–Kier alpha value is -0.410. The van der Waals surface area contributed by atoms with Gasteiger partial charge < -0.3 is 5.32 Å². The van der Waals surface area contributed by atoms with Crippen molar-refractivity contribution in [3.63, 3.8) is 0 Å². The van der Waals surface area contributed by atoms with Crippen LogP contribution in [-0.2, 0) is 6.42 Å². The minimum absolute atomic E-state index is 0.614. The summed E-state index contributed by atoms with van der Waals surface area (Å²) in [7, 11) is 2.12. The molecular formula is C16H28N2S. The number of hydrogen-bond acceptors (Lipinski definition) is 3. The van der Waals surface area contributed by atoms with Crippen molar-refractivity contribution in [2.24, 2.45) is 5.92 Å². The van der Waals surface area contributed by atoms with E-state index in [1.54, 1.807) is 0 Å². The molecule has 1 N–H and O–H groups in total. The van der Waals surface area contributed by atoms with E-state index in [2.05, 4.69) is 26.2 Å². The highest BCUT2D eigenvalue weighted by Crippen LogP contribution is 2.27. The van der Waals surface area contributed by atoms with Crippen molar-refractivity contribution in [3.8, 4) is 0 Å². The summed E-state index contributed by atoms with van der Waals surface area (Å²) in [4.78, 5) is 6.09. The van der Waals surface area contributed by atoms with Crippen LogP contribution in [0.15, 0.2) is 0 Å². The lowest BCUT2D eigenvalue weighted by molar-refractivity contribution is 0.293. The summed E-state index contributed by atoms with van der Waals surface area (Å²) >= 11 is 1.88. The van der Waals surface area contributed by atoms with Gasteiger partial charge in [0.15, 0.2) is 0 Å². The molecule has 0 spiro atoms. The summed E-state index contributed by atoms with van der Waals surface area (Å²) < 4.78 is 0. The molecule has 19 heavy (non-hydrogen) atoms. The van der Waals surface area contributed by atoms with Crippen molar-refractivity contribution >= 4 is 11.3 Å². The van der Waals surface area contributed by atoms with E-state index in [-0.39, 0.29) is 0 Å². The Bertz CT molecular complexity index is 359. The van der Waals surface area contributed by atoms with Gasteiger partial charge in [-0.25, -0.2) is 4.98 Å². The first kappa shape index (κ1) is 15.0. The number of thiazole rings is 1. The van der Waals surface area contributed by atoms with Crippen LogP contribution in [0.5, 0.6) is 0 Å². The first-order valence-electron chi connectivity index (χ1n) is 7.81. The van der Waals surface area contributed by atoms with Gasteiger partial charge in [0.1, 0.15) is 0 Å². The Labute approximate surface area is 122 Å². The first-order chi connectivity index (χ1) is 9.20. The largest absolute Gasteiger partial charge is 0.316 e. The van der Waals surface area contributed by atoms with Crippen LogP contribution in [0.3, 0.4) is 0 Å². The smallest absolute Gasteiger partial charge is 0.0946 e. The molecule has 1 atom stereocenters. The number of aryl methyl sites for hydroxylation is 2. The van der Waals surface area contributed by atoms with Crippen LogP contribution < -0.4 is 5.32 Å². The molecule has 1 aromatic rings. The molecule has 1 unspecified atom stereocenters. The molecule has 108 valence electrons. The molecule has 3 heteroatoms. The summed E-state index contributed by atoms with van der Waals surface area (Å²) in [6.45, 7) is 4.31. The van der Waals surface area contributed by atoms with Gasteiger partial charge in [0.05, 0.1) is 10.7 Å². The third kappa shape index (κ3) is 4.28. The molecule has 1 heterocycles. The zero-order chi connectivity index (χ0) is 13.7. The highest BCUT2D eigenvalue weighted by molar-refractivity contribution is 7.11. The molecule has 1 aliphatic rings. The molecule has 0 aromatic carbocycles. The van der Waals surface area contributed by atoms with E-state index in [1.807, 2.05) is 11.3 Å². The van der Waals surface area contributed by atoms with Crippen molar-refractivity contribution in [1.29, 1.82) is 0 Å². The van der Waals surface area contributed by atoms with E-state index in [0.29, 0.717) is 6.04 Å². The maximum absolute atomic E-state index is 4.71. The van der Waals surface area contributed by atoms with Crippen molar-refractivity contribution in [2.45, 2.75) is 71.3 Å². The van der Waals surface area contributed by atoms with E-state index in [4.69, 9.17) is 4.98 Å². The topological polar surface area (TPSA) is 24.9 Å². The van der Waals surface area contributed by atoms with Crippen LogP contribution in [-0.4, -0.2) is 18.1 Å². The lowest BCUT2D eigenvalue weighted by Crippen LogP contribution is -2.36. The molecule has 0 aliphatic heterocycles. The highest BCUT2D eigenvalue weighted by Gasteiger charge is 2.22. The summed E-state index contributed by atoms with van der Waals surface area (Å²) in [6.07, 6.45) is 11.0. The molecule has 0 bridgehead atoms. The number of nitrogens with zero attached hydrogens (tertiary/aromatic N) is 1. The predicted molar refractivity (Wildman–Crippen MR) is 83.9 cm³/mol. The maximum Gasteiger partial charge on any atom is 0.0946 e. The Morgan fingerprint density at radius 1 is 1.16 bits per heavy atom. The zero-order valence-electron chi connectivity index (χ0n) is 12.7. The van der Waals surface area contributed by atoms with Gasteiger partial charge in [-0.05, 0) is 39.7 Å². The molecule has 2 rings (SSSR count). The van der Waals surface area contributed by atoms with Crippen LogP contribution in [0.2, 0.25) is 0 Å². The van der Waals surface area contributed by atoms with Gasteiger partial charge >= 0.3 is 0 Å². The van der Waals surface area contributed by atoms with E-state index < -0.39 is 0 Å². The molecule has 0 saturated heterocycles. The average Bonchev–Trinajstić information content (AvgIpc) is 2.66. The standard InChI is InChI=1S/C16H28N2S/c1-12-13(2)19-16(18-12)11-15(17-3)14-9-7-5-4-6-8-10-14/h14-15,17H,4-11H2,1-3H3. The lowest BCUT2D eigenvalue weighted by atomic mass is 9.84. The first-order valence-corrected chi connectivity index (χ1v) is 8.62. The van der Waals surface area contributed by atoms with E-state index in [0.717, 1.165) is 12.3 Å². The average molecular weight is 280 g/mol. The molecule has 0 radical (unpaired) electrons. The highest BCUT2D eigenvalue weighted by atomic mass is 32.1. The fourth-order valence-electron chi connectivity index (χ4n) is 3.21. The number of hydrogen-bond donors (Lipinski definition) is 1. The minimum atomic E-state index is 0.614. The van der Waals surface area contributed by atoms with Crippen molar-refractivity contribution in [2.75, 3.05) is 7.05 Å². The molecule has 1 saturated carbocycles. The number of aromatic nitrogens is 1. The third-order valence-corrected chi connectivity index (χ3v) is 5.65. The van der Waals surface area contributed by atoms with E-state index in [1.165, 1.54) is 60.5 Å². The van der Waals surface area contributed by atoms with Gasteiger partial charge in [0, 0.05) is 17.3 Å². The SMILES string of the molecule is CNC(Cc1nc(C)c(C)s1)C1CCCCCCC1. The number of likely N-dealkylation sites (N-methyl/N-ethyl adjacent to an activating group) is 1. The van der Waals surface area contributed by atoms with Crippen molar-refractivity contribution in [3.05, 3.63) is 15.6 Å². The van der Waals surface area contributed by atoms with Crippen molar-refractivity contribution in [1.82, 2.24) is 10.3 Å². The lowest BCUT2D eigenvalue weighted by Gasteiger charge is -2.28. The van der Waals surface area contributed by atoms with Gasteiger partial charge in [-0.1, -0.05) is 32.1 Å².